The molecule has 2 saturated heterocycles. The van der Waals surface area contributed by atoms with Gasteiger partial charge in [-0.3, -0.25) is 10.1 Å². The summed E-state index contributed by atoms with van der Waals surface area (Å²) in [6.07, 6.45) is -1.92. The SMILES string of the molecule is COc1ccc(NC(=O)OC2COC3C(NC(=O)c4ccccc4)COC23)cc1. The molecule has 4 atom stereocenters. The van der Waals surface area contributed by atoms with Crippen LogP contribution in [0.4, 0.5) is 10.5 Å². The Morgan fingerprint density at radius 1 is 0.966 bits per heavy atom. The van der Waals surface area contributed by atoms with Crippen molar-refractivity contribution in [2.75, 3.05) is 25.6 Å². The summed E-state index contributed by atoms with van der Waals surface area (Å²) in [4.78, 5) is 24.6. The summed E-state index contributed by atoms with van der Waals surface area (Å²) in [6, 6.07) is 15.6. The lowest BCUT2D eigenvalue weighted by atomic mass is 10.1. The molecule has 2 heterocycles. The van der Waals surface area contributed by atoms with Crippen molar-refractivity contribution in [3.8, 4) is 5.75 Å². The Morgan fingerprint density at radius 3 is 2.41 bits per heavy atom. The molecule has 4 rings (SSSR count). The summed E-state index contributed by atoms with van der Waals surface area (Å²) >= 11 is 0. The minimum atomic E-state index is -0.593. The molecule has 2 aliphatic heterocycles. The van der Waals surface area contributed by atoms with Gasteiger partial charge in [0, 0.05) is 11.3 Å². The highest BCUT2D eigenvalue weighted by molar-refractivity contribution is 5.94. The molecule has 2 fully saturated rings. The van der Waals surface area contributed by atoms with Crippen molar-refractivity contribution >= 4 is 17.7 Å². The van der Waals surface area contributed by atoms with Crippen molar-refractivity contribution < 1.29 is 28.5 Å². The Morgan fingerprint density at radius 2 is 1.69 bits per heavy atom. The molecule has 2 amide bonds. The first-order valence-corrected chi connectivity index (χ1v) is 9.35. The monoisotopic (exact) mass is 398 g/mol. The minimum Gasteiger partial charge on any atom is -0.497 e. The zero-order chi connectivity index (χ0) is 20.2. The maximum absolute atomic E-state index is 12.4. The number of carbonyl (C=O) groups is 2. The predicted octanol–water partition coefficient (Wildman–Crippen LogP) is 2.21. The Kier molecular flexibility index (Phi) is 5.64. The molecule has 0 saturated carbocycles. The molecule has 152 valence electrons. The van der Waals surface area contributed by atoms with Crippen LogP contribution < -0.4 is 15.4 Å². The van der Waals surface area contributed by atoms with Gasteiger partial charge in [-0.15, -0.1) is 0 Å². The second-order valence-corrected chi connectivity index (χ2v) is 6.84. The number of carbonyl (C=O) groups excluding carboxylic acids is 2. The van der Waals surface area contributed by atoms with E-state index in [1.807, 2.05) is 6.07 Å². The highest BCUT2D eigenvalue weighted by atomic mass is 16.6. The molecule has 2 N–H and O–H groups in total. The van der Waals surface area contributed by atoms with Gasteiger partial charge in [0.15, 0.2) is 6.10 Å². The molecule has 2 aromatic rings. The van der Waals surface area contributed by atoms with Crippen molar-refractivity contribution in [3.05, 3.63) is 60.2 Å². The van der Waals surface area contributed by atoms with Crippen LogP contribution in [0.15, 0.2) is 54.6 Å². The van der Waals surface area contributed by atoms with Crippen LogP contribution in [0.25, 0.3) is 0 Å². The lowest BCUT2D eigenvalue weighted by Crippen LogP contribution is -2.44. The van der Waals surface area contributed by atoms with Gasteiger partial charge in [0.25, 0.3) is 5.91 Å². The van der Waals surface area contributed by atoms with Gasteiger partial charge in [-0.1, -0.05) is 18.2 Å². The van der Waals surface area contributed by atoms with Crippen molar-refractivity contribution in [2.24, 2.45) is 0 Å². The number of hydrogen-bond donors (Lipinski definition) is 2. The Bertz CT molecular complexity index is 857. The lowest BCUT2D eigenvalue weighted by molar-refractivity contribution is 0.00862. The van der Waals surface area contributed by atoms with Gasteiger partial charge < -0.3 is 24.3 Å². The summed E-state index contributed by atoms with van der Waals surface area (Å²) < 4.78 is 22.1. The van der Waals surface area contributed by atoms with E-state index in [9.17, 15) is 9.59 Å². The smallest absolute Gasteiger partial charge is 0.412 e. The number of nitrogens with one attached hydrogen (secondary N) is 2. The van der Waals surface area contributed by atoms with Gasteiger partial charge in [0.2, 0.25) is 0 Å². The minimum absolute atomic E-state index is 0.190. The summed E-state index contributed by atoms with van der Waals surface area (Å²) in [7, 11) is 1.57. The number of fused-ring (bicyclic) bond motifs is 1. The molecule has 4 unspecified atom stereocenters. The fourth-order valence-corrected chi connectivity index (χ4v) is 3.49. The molecule has 0 radical (unpaired) electrons. The van der Waals surface area contributed by atoms with Crippen molar-refractivity contribution in [1.29, 1.82) is 0 Å². The maximum atomic E-state index is 12.4. The molecule has 2 aromatic carbocycles. The highest BCUT2D eigenvalue weighted by Crippen LogP contribution is 2.29. The van der Waals surface area contributed by atoms with Gasteiger partial charge in [-0.05, 0) is 36.4 Å². The second-order valence-electron chi connectivity index (χ2n) is 6.84. The quantitative estimate of drug-likeness (QED) is 0.802. The van der Waals surface area contributed by atoms with E-state index in [0.717, 1.165) is 0 Å². The number of methoxy groups -OCH3 is 1. The zero-order valence-corrected chi connectivity index (χ0v) is 15.9. The van der Waals surface area contributed by atoms with Crippen LogP contribution in [0.1, 0.15) is 10.4 Å². The third kappa shape index (κ3) is 4.33. The number of ether oxygens (including phenoxy) is 4. The van der Waals surface area contributed by atoms with E-state index >= 15 is 0 Å². The maximum Gasteiger partial charge on any atom is 0.412 e. The molecule has 8 nitrogen and oxygen atoms in total. The van der Waals surface area contributed by atoms with Crippen LogP contribution >= 0.6 is 0 Å². The first-order valence-electron chi connectivity index (χ1n) is 9.35. The van der Waals surface area contributed by atoms with Crippen LogP contribution in [-0.2, 0) is 14.2 Å². The van der Waals surface area contributed by atoms with Gasteiger partial charge in [0.1, 0.15) is 18.0 Å². The average Bonchev–Trinajstić information content (AvgIpc) is 3.32. The Hall–Kier alpha value is -3.10. The van der Waals surface area contributed by atoms with E-state index in [1.165, 1.54) is 0 Å². The van der Waals surface area contributed by atoms with Crippen molar-refractivity contribution in [2.45, 2.75) is 24.4 Å². The fraction of sp³-hybridized carbons (Fsp3) is 0.333. The second kappa shape index (κ2) is 8.50. The molecular weight excluding hydrogens is 376 g/mol. The summed E-state index contributed by atoms with van der Waals surface area (Å²) in [6.45, 7) is 0.511. The molecule has 8 heteroatoms. The number of benzene rings is 2. The summed E-state index contributed by atoms with van der Waals surface area (Å²) in [5, 5.41) is 5.60. The molecule has 29 heavy (non-hydrogen) atoms. The van der Waals surface area contributed by atoms with Gasteiger partial charge in [-0.25, -0.2) is 4.79 Å². The van der Waals surface area contributed by atoms with Crippen molar-refractivity contribution in [1.82, 2.24) is 5.32 Å². The Balaban J connectivity index is 1.30. The van der Waals surface area contributed by atoms with Crippen LogP contribution in [0.3, 0.4) is 0 Å². The third-order valence-electron chi connectivity index (χ3n) is 4.96. The molecule has 0 aliphatic carbocycles. The number of hydrogen-bond acceptors (Lipinski definition) is 6. The average molecular weight is 398 g/mol. The lowest BCUT2D eigenvalue weighted by Gasteiger charge is -2.18. The molecule has 0 aromatic heterocycles. The Labute approximate surface area is 168 Å². The third-order valence-corrected chi connectivity index (χ3v) is 4.96. The van der Waals surface area contributed by atoms with Crippen LogP contribution in [-0.4, -0.2) is 56.7 Å². The van der Waals surface area contributed by atoms with Gasteiger partial charge in [-0.2, -0.15) is 0 Å². The number of anilines is 1. The van der Waals surface area contributed by atoms with E-state index in [-0.39, 0.29) is 24.7 Å². The summed E-state index contributed by atoms with van der Waals surface area (Å²) in [5.41, 5.74) is 1.16. The van der Waals surface area contributed by atoms with E-state index in [2.05, 4.69) is 10.6 Å². The van der Waals surface area contributed by atoms with E-state index < -0.39 is 18.3 Å². The normalized spacial score (nSPS) is 25.1. The van der Waals surface area contributed by atoms with Gasteiger partial charge >= 0.3 is 6.09 Å². The molecular formula is C21H22N2O6. The molecule has 2 aliphatic rings. The van der Waals surface area contributed by atoms with E-state index in [0.29, 0.717) is 23.6 Å². The van der Waals surface area contributed by atoms with E-state index in [4.69, 9.17) is 18.9 Å². The predicted molar refractivity (Wildman–Crippen MR) is 104 cm³/mol. The fourth-order valence-electron chi connectivity index (χ4n) is 3.49. The first kappa shape index (κ1) is 19.2. The largest absolute Gasteiger partial charge is 0.497 e. The topological polar surface area (TPSA) is 95.1 Å². The van der Waals surface area contributed by atoms with Crippen LogP contribution in [0, 0.1) is 0 Å². The zero-order valence-electron chi connectivity index (χ0n) is 15.9. The molecule has 0 spiro atoms. The highest BCUT2D eigenvalue weighted by Gasteiger charge is 2.50. The summed E-state index contributed by atoms with van der Waals surface area (Å²) in [5.74, 6) is 0.504. The van der Waals surface area contributed by atoms with Gasteiger partial charge in [0.05, 0.1) is 26.4 Å². The van der Waals surface area contributed by atoms with Crippen LogP contribution in [0.5, 0.6) is 5.75 Å². The van der Waals surface area contributed by atoms with Crippen LogP contribution in [0.2, 0.25) is 0 Å². The van der Waals surface area contributed by atoms with E-state index in [1.54, 1.807) is 55.6 Å². The number of rotatable bonds is 5. The number of amides is 2. The van der Waals surface area contributed by atoms with Crippen molar-refractivity contribution in [3.63, 3.8) is 0 Å². The standard InChI is InChI=1S/C21H22N2O6/c1-26-15-9-7-14(8-10-15)22-21(25)29-17-12-28-18-16(11-27-19(17)18)23-20(24)13-5-3-2-4-6-13/h2-10,16-19H,11-12H2,1H3,(H,22,25)(H,23,24). The first-order chi connectivity index (χ1) is 14.1. The molecule has 0 bridgehead atoms.